The molecule has 0 aromatic heterocycles. The lowest BCUT2D eigenvalue weighted by Crippen LogP contribution is -2.35. The van der Waals surface area contributed by atoms with E-state index in [-0.39, 0.29) is 12.0 Å². The van der Waals surface area contributed by atoms with E-state index in [4.69, 9.17) is 5.73 Å². The Labute approximate surface area is 128 Å². The summed E-state index contributed by atoms with van der Waals surface area (Å²) in [6.45, 7) is -0.398. The highest BCUT2D eigenvalue weighted by Crippen LogP contribution is 2.29. The van der Waals surface area contributed by atoms with Gasteiger partial charge >= 0.3 is 12.3 Å². The largest absolute Gasteiger partial charge is 0.573 e. The van der Waals surface area contributed by atoms with E-state index in [9.17, 15) is 27.2 Å². The van der Waals surface area contributed by atoms with Crippen molar-refractivity contribution < 1.29 is 36.6 Å². The third kappa shape index (κ3) is 6.10. The van der Waals surface area contributed by atoms with Gasteiger partial charge in [-0.1, -0.05) is 6.07 Å². The summed E-state index contributed by atoms with van der Waals surface area (Å²) in [5.41, 5.74) is 5.16. The maximum Gasteiger partial charge on any atom is 0.573 e. The first-order valence-electron chi connectivity index (χ1n) is 6.27. The Hall–Kier alpha value is -2.36. The predicted octanol–water partition coefficient (Wildman–Crippen LogP) is 1.40. The molecule has 0 heterocycles. The first kappa shape index (κ1) is 18.7. The van der Waals surface area contributed by atoms with Crippen LogP contribution in [0.15, 0.2) is 18.2 Å². The van der Waals surface area contributed by atoms with Gasteiger partial charge in [0.2, 0.25) is 5.91 Å². The van der Waals surface area contributed by atoms with Crippen LogP contribution >= 0.6 is 0 Å². The first-order valence-corrected chi connectivity index (χ1v) is 6.27. The lowest BCUT2D eigenvalue weighted by Gasteiger charge is -2.19. The van der Waals surface area contributed by atoms with E-state index in [1.165, 1.54) is 0 Å². The van der Waals surface area contributed by atoms with Gasteiger partial charge < -0.3 is 20.5 Å². The zero-order chi connectivity index (χ0) is 17.6. The van der Waals surface area contributed by atoms with E-state index >= 15 is 0 Å². The molecule has 3 N–H and O–H groups in total. The number of carbonyl (C=O) groups excluding carboxylic acids is 2. The molecule has 1 atom stereocenters. The monoisotopic (exact) mass is 338 g/mol. The minimum atomic E-state index is -5.09. The van der Waals surface area contributed by atoms with Gasteiger partial charge in [-0.05, 0) is 17.7 Å². The highest BCUT2D eigenvalue weighted by atomic mass is 19.4. The molecule has 0 saturated carbocycles. The van der Waals surface area contributed by atoms with Crippen LogP contribution in [0.2, 0.25) is 0 Å². The third-order valence-corrected chi connectivity index (χ3v) is 2.70. The Bertz CT molecular complexity index is 560. The van der Waals surface area contributed by atoms with Crippen molar-refractivity contribution >= 4 is 11.9 Å². The molecular formula is C13H14F4N2O4. The number of ether oxygens (including phenoxy) is 2. The van der Waals surface area contributed by atoms with Crippen molar-refractivity contribution in [3.8, 4) is 5.75 Å². The van der Waals surface area contributed by atoms with Gasteiger partial charge in [0.05, 0.1) is 26.1 Å². The van der Waals surface area contributed by atoms with Gasteiger partial charge in [0, 0.05) is 0 Å². The average Bonchev–Trinajstić information content (AvgIpc) is 2.47. The van der Waals surface area contributed by atoms with Gasteiger partial charge in [-0.25, -0.2) is 4.39 Å². The molecule has 0 unspecified atom stereocenters. The summed E-state index contributed by atoms with van der Waals surface area (Å²) in [6, 6.07) is 1.54. The van der Waals surface area contributed by atoms with E-state index in [1.54, 1.807) is 0 Å². The van der Waals surface area contributed by atoms with E-state index in [1.807, 2.05) is 0 Å². The fraction of sp³-hybridized carbons (Fsp3) is 0.385. The summed E-state index contributed by atoms with van der Waals surface area (Å²) in [4.78, 5) is 22.7. The molecule has 0 aliphatic heterocycles. The van der Waals surface area contributed by atoms with E-state index in [0.717, 1.165) is 25.3 Å². The molecule has 1 amide bonds. The number of carbonyl (C=O) groups is 2. The van der Waals surface area contributed by atoms with Crippen LogP contribution < -0.4 is 15.8 Å². The van der Waals surface area contributed by atoms with Gasteiger partial charge in [0.15, 0.2) is 11.6 Å². The van der Waals surface area contributed by atoms with Crippen molar-refractivity contribution in [2.24, 2.45) is 5.73 Å². The van der Waals surface area contributed by atoms with Gasteiger partial charge in [-0.15, -0.1) is 13.2 Å². The zero-order valence-corrected chi connectivity index (χ0v) is 11.9. The average molecular weight is 338 g/mol. The van der Waals surface area contributed by atoms with Gasteiger partial charge in [0.1, 0.15) is 0 Å². The summed E-state index contributed by atoms with van der Waals surface area (Å²) in [5, 5.41) is 2.33. The molecule has 1 aromatic carbocycles. The van der Waals surface area contributed by atoms with Gasteiger partial charge in [-0.3, -0.25) is 9.59 Å². The van der Waals surface area contributed by atoms with Crippen molar-refractivity contribution in [1.82, 2.24) is 5.32 Å². The molecule has 1 rings (SSSR count). The molecular weight excluding hydrogens is 324 g/mol. The first-order chi connectivity index (χ1) is 10.7. The lowest BCUT2D eigenvalue weighted by molar-refractivity contribution is -0.275. The molecule has 1 aromatic rings. The SMILES string of the molecule is COC(=O)C[C@H](NC(=O)CN)c1ccc(F)c(OC(F)(F)F)c1. The highest BCUT2D eigenvalue weighted by Gasteiger charge is 2.33. The standard InChI is InChI=1S/C13H14F4N2O4/c1-22-12(21)5-9(19-11(20)6-18)7-2-3-8(14)10(4-7)23-13(15,16)17/h2-4,9H,5-6,18H2,1H3,(H,19,20)/t9-/m0/s1. The van der Waals surface area contributed by atoms with Crippen LogP contribution in [-0.2, 0) is 14.3 Å². The Morgan fingerprint density at radius 2 is 2.00 bits per heavy atom. The number of esters is 1. The second-order valence-electron chi connectivity index (χ2n) is 4.34. The maximum absolute atomic E-state index is 13.4. The van der Waals surface area contributed by atoms with Gasteiger partial charge in [0.25, 0.3) is 0 Å². The Morgan fingerprint density at radius 3 is 2.52 bits per heavy atom. The number of rotatable bonds is 6. The summed E-state index contributed by atoms with van der Waals surface area (Å²) in [5.74, 6) is -3.70. The van der Waals surface area contributed by atoms with Crippen LogP contribution in [0.3, 0.4) is 0 Å². The molecule has 0 saturated heterocycles. The minimum absolute atomic E-state index is 0.0258. The van der Waals surface area contributed by atoms with Crippen molar-refractivity contribution in [3.05, 3.63) is 29.6 Å². The second kappa shape index (κ2) is 7.77. The maximum atomic E-state index is 13.4. The number of nitrogens with two attached hydrogens (primary N) is 1. The fourth-order valence-corrected chi connectivity index (χ4v) is 1.70. The number of halogens is 4. The zero-order valence-electron chi connectivity index (χ0n) is 11.9. The van der Waals surface area contributed by atoms with Crippen LogP contribution in [0.1, 0.15) is 18.0 Å². The molecule has 128 valence electrons. The molecule has 0 bridgehead atoms. The topological polar surface area (TPSA) is 90.7 Å². The van der Waals surface area contributed by atoms with E-state index in [2.05, 4.69) is 14.8 Å². The summed E-state index contributed by atoms with van der Waals surface area (Å²) < 4.78 is 58.1. The number of nitrogens with one attached hydrogen (secondary N) is 1. The number of methoxy groups -OCH3 is 1. The molecule has 10 heteroatoms. The normalized spacial score (nSPS) is 12.4. The Balaban J connectivity index is 3.11. The Kier molecular flexibility index (Phi) is 6.31. The third-order valence-electron chi connectivity index (χ3n) is 2.70. The quantitative estimate of drug-likeness (QED) is 0.604. The molecule has 0 aliphatic carbocycles. The molecule has 0 spiro atoms. The smallest absolute Gasteiger partial charge is 0.469 e. The summed E-state index contributed by atoms with van der Waals surface area (Å²) in [7, 11) is 1.10. The van der Waals surface area contributed by atoms with Crippen LogP contribution in [0.25, 0.3) is 0 Å². The molecule has 23 heavy (non-hydrogen) atoms. The number of alkyl halides is 3. The summed E-state index contributed by atoms with van der Waals surface area (Å²) >= 11 is 0. The number of hydrogen-bond acceptors (Lipinski definition) is 5. The molecule has 0 radical (unpaired) electrons. The number of amides is 1. The molecule has 6 nitrogen and oxygen atoms in total. The Morgan fingerprint density at radius 1 is 1.35 bits per heavy atom. The minimum Gasteiger partial charge on any atom is -0.469 e. The van der Waals surface area contributed by atoms with Crippen molar-refractivity contribution in [3.63, 3.8) is 0 Å². The van der Waals surface area contributed by atoms with E-state index in [0.29, 0.717) is 0 Å². The fourth-order valence-electron chi connectivity index (χ4n) is 1.70. The van der Waals surface area contributed by atoms with E-state index < -0.39 is 42.4 Å². The van der Waals surface area contributed by atoms with Crippen molar-refractivity contribution in [2.75, 3.05) is 13.7 Å². The lowest BCUT2D eigenvalue weighted by atomic mass is 10.0. The molecule has 0 aliphatic rings. The van der Waals surface area contributed by atoms with Crippen LogP contribution in [0.4, 0.5) is 17.6 Å². The van der Waals surface area contributed by atoms with Crippen LogP contribution in [0.5, 0.6) is 5.75 Å². The van der Waals surface area contributed by atoms with Crippen molar-refractivity contribution in [2.45, 2.75) is 18.8 Å². The highest BCUT2D eigenvalue weighted by molar-refractivity contribution is 5.79. The van der Waals surface area contributed by atoms with Gasteiger partial charge in [-0.2, -0.15) is 0 Å². The van der Waals surface area contributed by atoms with Crippen molar-refractivity contribution in [1.29, 1.82) is 0 Å². The van der Waals surface area contributed by atoms with Crippen LogP contribution in [-0.4, -0.2) is 31.9 Å². The summed E-state index contributed by atoms with van der Waals surface area (Å²) in [6.07, 6.45) is -5.46. The number of benzene rings is 1. The second-order valence-corrected chi connectivity index (χ2v) is 4.34. The van der Waals surface area contributed by atoms with Crippen LogP contribution in [0, 0.1) is 5.82 Å². The molecule has 0 fully saturated rings. The number of hydrogen-bond donors (Lipinski definition) is 2. The predicted molar refractivity (Wildman–Crippen MR) is 69.7 cm³/mol.